The Morgan fingerprint density at radius 2 is 2.10 bits per heavy atom. The molecule has 6 nitrogen and oxygen atoms in total. The molecular weight excluding hydrogens is 280 g/mol. The second-order valence-electron chi connectivity index (χ2n) is 6.31. The molecule has 1 heterocycles. The lowest BCUT2D eigenvalue weighted by atomic mass is 9.97. The average Bonchev–Trinajstić information content (AvgIpc) is 3.10. The Hall–Kier alpha value is -0.660. The Morgan fingerprint density at radius 3 is 2.60 bits per heavy atom. The lowest BCUT2D eigenvalue weighted by molar-refractivity contribution is -0.144. The zero-order valence-electron chi connectivity index (χ0n) is 12.1. The first-order chi connectivity index (χ1) is 9.22. The number of nitrogens with one attached hydrogen (secondary N) is 1. The van der Waals surface area contributed by atoms with E-state index in [1.54, 1.807) is 6.92 Å². The minimum Gasteiger partial charge on any atom is -0.480 e. The van der Waals surface area contributed by atoms with Crippen LogP contribution in [0.15, 0.2) is 0 Å². The number of rotatable bonds is 6. The molecule has 2 fully saturated rings. The molecular formula is C13H24N2O4S. The Balaban J connectivity index is 1.90. The molecule has 0 radical (unpaired) electrons. The van der Waals surface area contributed by atoms with Crippen molar-refractivity contribution in [1.29, 1.82) is 0 Å². The van der Waals surface area contributed by atoms with Crippen molar-refractivity contribution < 1.29 is 18.3 Å². The van der Waals surface area contributed by atoms with Crippen molar-refractivity contribution in [3.63, 3.8) is 0 Å². The number of carboxylic acids is 1. The first kappa shape index (κ1) is 15.7. The minimum atomic E-state index is -2.92. The Morgan fingerprint density at radius 1 is 1.45 bits per heavy atom. The van der Waals surface area contributed by atoms with Gasteiger partial charge in [0.1, 0.15) is 5.54 Å². The van der Waals surface area contributed by atoms with Gasteiger partial charge < -0.3 is 5.11 Å². The van der Waals surface area contributed by atoms with E-state index in [1.165, 1.54) is 0 Å². The standard InChI is InChI=1S/C13H24N2O4S/c1-10-9-20(18,19)8-7-15(10)6-5-13(2,12(16)17)14-11-3-4-11/h10-11,14H,3-9H2,1-2H3,(H,16,17). The van der Waals surface area contributed by atoms with Crippen molar-refractivity contribution in [3.05, 3.63) is 0 Å². The van der Waals surface area contributed by atoms with Crippen LogP contribution in [0.25, 0.3) is 0 Å². The van der Waals surface area contributed by atoms with Crippen molar-refractivity contribution in [3.8, 4) is 0 Å². The van der Waals surface area contributed by atoms with Crippen molar-refractivity contribution >= 4 is 15.8 Å². The molecule has 2 unspecified atom stereocenters. The summed E-state index contributed by atoms with van der Waals surface area (Å²) >= 11 is 0. The molecule has 0 amide bonds. The predicted octanol–water partition coefficient (Wildman–Crippen LogP) is 0.0907. The van der Waals surface area contributed by atoms with Gasteiger partial charge in [-0.1, -0.05) is 0 Å². The SMILES string of the molecule is CC1CS(=O)(=O)CCN1CCC(C)(NC1CC1)C(=O)O. The summed E-state index contributed by atoms with van der Waals surface area (Å²) < 4.78 is 23.1. The van der Waals surface area contributed by atoms with E-state index in [2.05, 4.69) is 10.2 Å². The van der Waals surface area contributed by atoms with Crippen molar-refractivity contribution in [2.75, 3.05) is 24.6 Å². The summed E-state index contributed by atoms with van der Waals surface area (Å²) in [5.41, 5.74) is -0.919. The van der Waals surface area contributed by atoms with E-state index in [9.17, 15) is 18.3 Å². The highest BCUT2D eigenvalue weighted by molar-refractivity contribution is 7.91. The van der Waals surface area contributed by atoms with Crippen LogP contribution in [0.5, 0.6) is 0 Å². The molecule has 0 aromatic heterocycles. The van der Waals surface area contributed by atoms with Gasteiger partial charge in [0.25, 0.3) is 0 Å². The number of sulfone groups is 1. The molecule has 2 N–H and O–H groups in total. The third-order valence-corrected chi connectivity index (χ3v) is 6.07. The fourth-order valence-corrected chi connectivity index (χ4v) is 4.28. The van der Waals surface area contributed by atoms with E-state index in [-0.39, 0.29) is 17.5 Å². The van der Waals surface area contributed by atoms with Gasteiger partial charge in [0, 0.05) is 25.2 Å². The molecule has 7 heteroatoms. The monoisotopic (exact) mass is 304 g/mol. The maximum Gasteiger partial charge on any atom is 0.323 e. The van der Waals surface area contributed by atoms with E-state index in [4.69, 9.17) is 0 Å². The quantitative estimate of drug-likeness (QED) is 0.723. The van der Waals surface area contributed by atoms with Crippen molar-refractivity contribution in [2.45, 2.75) is 50.7 Å². The Kier molecular flexibility index (Phi) is 4.41. The maximum atomic E-state index is 11.5. The maximum absolute atomic E-state index is 11.5. The summed E-state index contributed by atoms with van der Waals surface area (Å²) in [5, 5.41) is 12.6. The van der Waals surface area contributed by atoms with Crippen LogP contribution in [-0.4, -0.2) is 66.6 Å². The third kappa shape index (κ3) is 3.93. The molecule has 2 aliphatic rings. The van der Waals surface area contributed by atoms with Gasteiger partial charge in [0.05, 0.1) is 11.5 Å². The van der Waals surface area contributed by atoms with Gasteiger partial charge in [-0.25, -0.2) is 8.42 Å². The van der Waals surface area contributed by atoms with Crippen LogP contribution < -0.4 is 5.32 Å². The summed E-state index contributed by atoms with van der Waals surface area (Å²) in [5.74, 6) is -0.481. The van der Waals surface area contributed by atoms with Crippen LogP contribution in [0.3, 0.4) is 0 Å². The molecule has 116 valence electrons. The van der Waals surface area contributed by atoms with Crippen molar-refractivity contribution in [2.24, 2.45) is 0 Å². The first-order valence-electron chi connectivity index (χ1n) is 7.17. The molecule has 0 aromatic carbocycles. The predicted molar refractivity (Wildman–Crippen MR) is 76.5 cm³/mol. The van der Waals surface area contributed by atoms with E-state index in [0.717, 1.165) is 12.8 Å². The molecule has 0 spiro atoms. The number of hydrogen-bond acceptors (Lipinski definition) is 5. The second kappa shape index (κ2) is 5.61. The second-order valence-corrected chi connectivity index (χ2v) is 8.53. The smallest absolute Gasteiger partial charge is 0.323 e. The number of carbonyl (C=O) groups is 1. The summed E-state index contributed by atoms with van der Waals surface area (Å²) in [6, 6.07) is 0.294. The average molecular weight is 304 g/mol. The highest BCUT2D eigenvalue weighted by Gasteiger charge is 2.39. The van der Waals surface area contributed by atoms with Gasteiger partial charge in [-0.3, -0.25) is 15.0 Å². The molecule has 1 aliphatic heterocycles. The van der Waals surface area contributed by atoms with Gasteiger partial charge in [-0.2, -0.15) is 0 Å². The fraction of sp³-hybridized carbons (Fsp3) is 0.923. The third-order valence-electron chi connectivity index (χ3n) is 4.28. The molecule has 20 heavy (non-hydrogen) atoms. The van der Waals surface area contributed by atoms with Crippen LogP contribution in [-0.2, 0) is 14.6 Å². The lowest BCUT2D eigenvalue weighted by Crippen LogP contribution is -2.54. The molecule has 0 aromatic rings. The molecule has 1 aliphatic carbocycles. The van der Waals surface area contributed by atoms with Crippen molar-refractivity contribution in [1.82, 2.24) is 10.2 Å². The summed E-state index contributed by atoms with van der Waals surface area (Å²) in [6.07, 6.45) is 2.58. The van der Waals surface area contributed by atoms with Gasteiger partial charge in [0.15, 0.2) is 9.84 Å². The van der Waals surface area contributed by atoms with E-state index >= 15 is 0 Å². The zero-order valence-corrected chi connectivity index (χ0v) is 12.9. The highest BCUT2D eigenvalue weighted by atomic mass is 32.2. The topological polar surface area (TPSA) is 86.7 Å². The summed E-state index contributed by atoms with van der Waals surface area (Å²) in [4.78, 5) is 13.5. The van der Waals surface area contributed by atoms with Gasteiger partial charge in [-0.15, -0.1) is 0 Å². The summed E-state index contributed by atoms with van der Waals surface area (Å²) in [7, 11) is -2.92. The van der Waals surface area contributed by atoms with Gasteiger partial charge >= 0.3 is 5.97 Å². The first-order valence-corrected chi connectivity index (χ1v) is 8.99. The van der Waals surface area contributed by atoms with Crippen LogP contribution in [0, 0.1) is 0 Å². The van der Waals surface area contributed by atoms with Gasteiger partial charge in [0.2, 0.25) is 0 Å². The molecule has 2 rings (SSSR count). The van der Waals surface area contributed by atoms with Crippen LogP contribution in [0.2, 0.25) is 0 Å². The normalized spacial score (nSPS) is 29.8. The highest BCUT2D eigenvalue weighted by Crippen LogP contribution is 2.25. The zero-order chi connectivity index (χ0) is 15.0. The fourth-order valence-electron chi connectivity index (χ4n) is 2.65. The minimum absolute atomic E-state index is 0.0345. The Bertz CT molecular complexity index is 475. The van der Waals surface area contributed by atoms with Crippen LogP contribution in [0.4, 0.5) is 0 Å². The number of aliphatic carboxylic acids is 1. The van der Waals surface area contributed by atoms with Crippen LogP contribution >= 0.6 is 0 Å². The van der Waals surface area contributed by atoms with E-state index in [1.807, 2.05) is 6.92 Å². The largest absolute Gasteiger partial charge is 0.480 e. The molecule has 0 bridgehead atoms. The molecule has 2 atom stereocenters. The number of nitrogens with zero attached hydrogens (tertiary/aromatic N) is 1. The Labute approximate surface area is 120 Å². The molecule has 1 saturated heterocycles. The van der Waals surface area contributed by atoms with E-state index < -0.39 is 21.3 Å². The number of carboxylic acid groups (broad SMARTS) is 1. The molecule has 1 saturated carbocycles. The summed E-state index contributed by atoms with van der Waals surface area (Å²) in [6.45, 7) is 4.73. The number of hydrogen-bond donors (Lipinski definition) is 2. The van der Waals surface area contributed by atoms with E-state index in [0.29, 0.717) is 25.6 Å². The lowest BCUT2D eigenvalue weighted by Gasteiger charge is -2.36. The van der Waals surface area contributed by atoms with Gasteiger partial charge in [-0.05, 0) is 33.1 Å². The van der Waals surface area contributed by atoms with Crippen LogP contribution in [0.1, 0.15) is 33.1 Å².